The zero-order chi connectivity index (χ0) is 16.2. The molecule has 7 nitrogen and oxygen atoms in total. The molecule has 3 unspecified atom stereocenters. The minimum absolute atomic E-state index is 0.202. The van der Waals surface area contributed by atoms with Crippen molar-refractivity contribution in [3.05, 3.63) is 0 Å². The molecule has 0 aliphatic carbocycles. The van der Waals surface area contributed by atoms with Gasteiger partial charge in [-0.3, -0.25) is 9.59 Å². The molecule has 8 heteroatoms. The van der Waals surface area contributed by atoms with Gasteiger partial charge >= 0.3 is 5.97 Å². The first kappa shape index (κ1) is 17.8. The van der Waals surface area contributed by atoms with Crippen molar-refractivity contribution >= 4 is 30.4 Å². The number of nitrogens with one attached hydrogen (secondary N) is 1. The van der Waals surface area contributed by atoms with Crippen LogP contribution in [0.1, 0.15) is 26.7 Å². The normalized spacial score (nSPS) is 21.2. The molecular weight excluding hydrogens is 294 g/mol. The Morgan fingerprint density at radius 3 is 2.52 bits per heavy atom. The Balaban J connectivity index is 2.76. The van der Waals surface area contributed by atoms with Crippen molar-refractivity contribution in [3.8, 4) is 0 Å². The van der Waals surface area contributed by atoms with Gasteiger partial charge in [0, 0.05) is 12.3 Å². The molecule has 1 aliphatic heterocycles. The number of carboxylic acids is 1. The molecule has 0 spiro atoms. The average Bonchev–Trinajstić information content (AvgIpc) is 2.91. The van der Waals surface area contributed by atoms with Crippen LogP contribution in [0.15, 0.2) is 0 Å². The van der Waals surface area contributed by atoms with Gasteiger partial charge in [0.2, 0.25) is 11.8 Å². The number of nitrogens with zero attached hydrogens (tertiary/aromatic N) is 1. The number of rotatable bonds is 6. The molecule has 0 radical (unpaired) electrons. The lowest BCUT2D eigenvalue weighted by Crippen LogP contribution is -2.55. The van der Waals surface area contributed by atoms with Crippen LogP contribution in [0.4, 0.5) is 0 Å². The maximum absolute atomic E-state index is 12.3. The van der Waals surface area contributed by atoms with Crippen LogP contribution in [-0.2, 0) is 14.4 Å². The van der Waals surface area contributed by atoms with Gasteiger partial charge in [-0.1, -0.05) is 13.8 Å². The van der Waals surface area contributed by atoms with E-state index in [1.807, 2.05) is 0 Å². The number of amides is 2. The van der Waals surface area contributed by atoms with Crippen LogP contribution in [-0.4, -0.2) is 58.2 Å². The Morgan fingerprint density at radius 2 is 2.05 bits per heavy atom. The quantitative estimate of drug-likeness (QED) is 0.492. The summed E-state index contributed by atoms with van der Waals surface area (Å²) >= 11 is 3.99. The van der Waals surface area contributed by atoms with Crippen LogP contribution in [0.5, 0.6) is 0 Å². The largest absolute Gasteiger partial charge is 0.480 e. The summed E-state index contributed by atoms with van der Waals surface area (Å²) < 4.78 is 0. The average molecular weight is 317 g/mol. The lowest BCUT2D eigenvalue weighted by Gasteiger charge is -2.28. The van der Waals surface area contributed by atoms with Gasteiger partial charge < -0.3 is 21.1 Å². The van der Waals surface area contributed by atoms with Crippen LogP contribution < -0.4 is 11.1 Å². The molecule has 21 heavy (non-hydrogen) atoms. The van der Waals surface area contributed by atoms with Crippen LogP contribution in [0.3, 0.4) is 0 Å². The van der Waals surface area contributed by atoms with E-state index in [0.717, 1.165) is 0 Å². The molecule has 0 aromatic carbocycles. The van der Waals surface area contributed by atoms with E-state index in [9.17, 15) is 14.4 Å². The number of nitrogens with two attached hydrogens (primary N) is 1. The first-order chi connectivity index (χ1) is 9.79. The first-order valence-corrected chi connectivity index (χ1v) is 7.63. The van der Waals surface area contributed by atoms with Crippen molar-refractivity contribution in [1.82, 2.24) is 10.2 Å². The van der Waals surface area contributed by atoms with Gasteiger partial charge in [-0.15, -0.1) is 0 Å². The van der Waals surface area contributed by atoms with Crippen molar-refractivity contribution in [2.45, 2.75) is 44.8 Å². The molecule has 0 aromatic rings. The zero-order valence-electron chi connectivity index (χ0n) is 12.3. The summed E-state index contributed by atoms with van der Waals surface area (Å²) in [6, 6.07) is -2.36. The van der Waals surface area contributed by atoms with E-state index < -0.39 is 30.0 Å². The molecule has 2 amide bonds. The minimum Gasteiger partial charge on any atom is -0.480 e. The summed E-state index contributed by atoms with van der Waals surface area (Å²) in [6.07, 6.45) is 1.21. The third kappa shape index (κ3) is 4.34. The number of carbonyl (C=O) groups excluding carboxylic acids is 2. The number of likely N-dealkylation sites (tertiary alicyclic amines) is 1. The molecule has 1 fully saturated rings. The highest BCUT2D eigenvalue weighted by molar-refractivity contribution is 7.80. The highest BCUT2D eigenvalue weighted by atomic mass is 32.1. The summed E-state index contributed by atoms with van der Waals surface area (Å²) in [5.74, 6) is -1.88. The number of carbonyl (C=O) groups is 3. The third-order valence-electron chi connectivity index (χ3n) is 3.58. The molecule has 1 heterocycles. The highest BCUT2D eigenvalue weighted by Crippen LogP contribution is 2.19. The topological polar surface area (TPSA) is 113 Å². The zero-order valence-corrected chi connectivity index (χ0v) is 13.2. The number of carboxylic acid groups (broad SMARTS) is 1. The van der Waals surface area contributed by atoms with Crippen LogP contribution in [0, 0.1) is 5.92 Å². The maximum atomic E-state index is 12.3. The van der Waals surface area contributed by atoms with E-state index >= 15 is 0 Å². The van der Waals surface area contributed by atoms with Crippen molar-refractivity contribution in [2.24, 2.45) is 11.7 Å². The summed E-state index contributed by atoms with van der Waals surface area (Å²) in [5, 5.41) is 11.6. The molecule has 0 bridgehead atoms. The van der Waals surface area contributed by atoms with Gasteiger partial charge in [0.15, 0.2) is 0 Å². The van der Waals surface area contributed by atoms with Crippen molar-refractivity contribution in [1.29, 1.82) is 0 Å². The van der Waals surface area contributed by atoms with Gasteiger partial charge in [-0.25, -0.2) is 4.79 Å². The van der Waals surface area contributed by atoms with Gasteiger partial charge in [0.1, 0.15) is 12.1 Å². The Hall–Kier alpha value is -1.28. The lowest BCUT2D eigenvalue weighted by atomic mass is 10.0. The fourth-order valence-electron chi connectivity index (χ4n) is 2.36. The Kier molecular flexibility index (Phi) is 6.47. The van der Waals surface area contributed by atoms with Crippen LogP contribution in [0.25, 0.3) is 0 Å². The van der Waals surface area contributed by atoms with Crippen molar-refractivity contribution in [2.75, 3.05) is 12.3 Å². The highest BCUT2D eigenvalue weighted by Gasteiger charge is 2.37. The Morgan fingerprint density at radius 1 is 1.43 bits per heavy atom. The Labute approximate surface area is 129 Å². The van der Waals surface area contributed by atoms with Crippen molar-refractivity contribution < 1.29 is 19.5 Å². The molecule has 1 aliphatic rings. The van der Waals surface area contributed by atoms with E-state index in [1.165, 1.54) is 4.90 Å². The smallest absolute Gasteiger partial charge is 0.326 e. The second kappa shape index (κ2) is 7.65. The second-order valence-corrected chi connectivity index (χ2v) is 5.91. The summed E-state index contributed by atoms with van der Waals surface area (Å²) in [7, 11) is 0. The number of aliphatic carboxylic acids is 1. The SMILES string of the molecule is CC(C)C(NC(=O)C1CCCN1C(=O)C(N)CS)C(=O)O. The molecule has 0 saturated carbocycles. The monoisotopic (exact) mass is 317 g/mol. The lowest BCUT2D eigenvalue weighted by molar-refractivity contribution is -0.145. The van der Waals surface area contributed by atoms with E-state index in [0.29, 0.717) is 19.4 Å². The molecular formula is C13H23N3O4S. The maximum Gasteiger partial charge on any atom is 0.326 e. The summed E-state index contributed by atoms with van der Waals surface area (Å²) in [6.45, 7) is 3.89. The number of hydrogen-bond acceptors (Lipinski definition) is 5. The molecule has 1 rings (SSSR count). The predicted molar refractivity (Wildman–Crippen MR) is 81.0 cm³/mol. The van der Waals surface area contributed by atoms with Gasteiger partial charge in [0.05, 0.1) is 6.04 Å². The van der Waals surface area contributed by atoms with Crippen molar-refractivity contribution in [3.63, 3.8) is 0 Å². The standard InChI is InChI=1S/C13H23N3O4S/c1-7(2)10(13(19)20)15-11(17)9-4-3-5-16(9)12(18)8(14)6-21/h7-10,21H,3-6,14H2,1-2H3,(H,15,17)(H,19,20). The molecule has 0 aromatic heterocycles. The molecule has 4 N–H and O–H groups in total. The Bertz CT molecular complexity index is 416. The van der Waals surface area contributed by atoms with E-state index in [1.54, 1.807) is 13.8 Å². The van der Waals surface area contributed by atoms with Gasteiger partial charge in [-0.2, -0.15) is 12.6 Å². The molecule has 120 valence electrons. The van der Waals surface area contributed by atoms with Crippen LogP contribution in [0.2, 0.25) is 0 Å². The van der Waals surface area contributed by atoms with E-state index in [4.69, 9.17) is 10.8 Å². The predicted octanol–water partition coefficient (Wildman–Crippen LogP) is -0.540. The summed E-state index contributed by atoms with van der Waals surface area (Å²) in [5.41, 5.74) is 5.66. The van der Waals surface area contributed by atoms with Crippen LogP contribution >= 0.6 is 12.6 Å². The number of thiol groups is 1. The molecule has 1 saturated heterocycles. The summed E-state index contributed by atoms with van der Waals surface area (Å²) in [4.78, 5) is 36.9. The second-order valence-electron chi connectivity index (χ2n) is 5.55. The van der Waals surface area contributed by atoms with Gasteiger partial charge in [0.25, 0.3) is 0 Å². The number of hydrogen-bond donors (Lipinski definition) is 4. The fraction of sp³-hybridized carbons (Fsp3) is 0.769. The van der Waals surface area contributed by atoms with Gasteiger partial charge in [-0.05, 0) is 18.8 Å². The first-order valence-electron chi connectivity index (χ1n) is 6.99. The van der Waals surface area contributed by atoms with E-state index in [-0.39, 0.29) is 17.6 Å². The minimum atomic E-state index is -1.08. The molecule has 3 atom stereocenters. The fourth-order valence-corrected chi connectivity index (χ4v) is 2.51. The third-order valence-corrected chi connectivity index (χ3v) is 3.98. The van der Waals surface area contributed by atoms with E-state index in [2.05, 4.69) is 17.9 Å².